The topological polar surface area (TPSA) is 482 Å². The van der Waals surface area contributed by atoms with E-state index in [9.17, 15) is 72.9 Å². The second-order valence-corrected chi connectivity index (χ2v) is 24.6. The lowest BCUT2D eigenvalue weighted by atomic mass is 9.92. The summed E-state index contributed by atoms with van der Waals surface area (Å²) in [5, 5.41) is 57.3. The van der Waals surface area contributed by atoms with Gasteiger partial charge < -0.3 is 95.2 Å². The number of Topliss-reactive ketones (excluding diaryl/α,β-unsaturated/α-hetero) is 2. The van der Waals surface area contributed by atoms with Gasteiger partial charge in [-0.25, -0.2) is 9.59 Å². The van der Waals surface area contributed by atoms with Crippen LogP contribution < -0.4 is 70.4 Å². The first-order valence-corrected chi connectivity index (χ1v) is 30.2. The molecule has 30 nitrogen and oxygen atoms in total. The highest BCUT2D eigenvalue weighted by atomic mass is 16.6. The Labute approximate surface area is 520 Å². The van der Waals surface area contributed by atoms with E-state index in [1.54, 1.807) is 85.7 Å². The van der Waals surface area contributed by atoms with Gasteiger partial charge in [-0.15, -0.1) is 0 Å². The summed E-state index contributed by atoms with van der Waals surface area (Å²) in [5.74, 6) is -12.4. The number of aliphatic hydroxyl groups is 3. The minimum absolute atomic E-state index is 0.0190. The van der Waals surface area contributed by atoms with Crippen molar-refractivity contribution in [2.45, 2.75) is 205 Å². The molecule has 1 heterocycles. The molecule has 0 radical (unpaired) electrons. The summed E-state index contributed by atoms with van der Waals surface area (Å²) in [5.41, 5.74) is 15.9. The van der Waals surface area contributed by atoms with Gasteiger partial charge in [0.1, 0.15) is 47.5 Å². The minimum atomic E-state index is -1.79. The molecule has 1 saturated heterocycles. The molecule has 0 spiro atoms. The smallest absolute Gasteiger partial charge is 0.407 e. The molecule has 2 unspecified atom stereocenters. The van der Waals surface area contributed by atoms with Crippen molar-refractivity contribution in [3.05, 3.63) is 35.9 Å². The zero-order valence-corrected chi connectivity index (χ0v) is 53.0. The lowest BCUT2D eigenvalue weighted by Gasteiger charge is -2.28. The quantitative estimate of drug-likeness (QED) is 0.0475. The molecule has 1 fully saturated rings. The Hall–Kier alpha value is -7.38. The highest BCUT2D eigenvalue weighted by Gasteiger charge is 2.38. The maximum absolute atomic E-state index is 15.0. The molecule has 502 valence electrons. The average molecular weight is 1260 g/mol. The van der Waals surface area contributed by atoms with Crippen molar-refractivity contribution < 1.29 is 82.3 Å². The van der Waals surface area contributed by atoms with Crippen molar-refractivity contribution in [1.29, 1.82) is 0 Å². The maximum atomic E-state index is 15.0. The van der Waals surface area contributed by atoms with E-state index in [-0.39, 0.29) is 70.7 Å². The maximum Gasteiger partial charge on any atom is 0.407 e. The van der Waals surface area contributed by atoms with E-state index in [0.29, 0.717) is 5.56 Å². The zero-order chi connectivity index (χ0) is 67.3. The fraction of sp³-hybridized carbons (Fsp3) is 0.695. The monoisotopic (exact) mass is 1260 g/mol. The highest BCUT2D eigenvalue weighted by Crippen LogP contribution is 2.18. The molecule has 1 aliphatic heterocycles. The fourth-order valence-electron chi connectivity index (χ4n) is 9.18. The van der Waals surface area contributed by atoms with Crippen LogP contribution in [0.2, 0.25) is 0 Å². The molecule has 0 aromatic heterocycles. The number of hydrogen-bond donors (Lipinski definition) is 16. The summed E-state index contributed by atoms with van der Waals surface area (Å²) in [7, 11) is 0. The van der Waals surface area contributed by atoms with Gasteiger partial charge in [-0.1, -0.05) is 44.2 Å². The van der Waals surface area contributed by atoms with Gasteiger partial charge in [0.15, 0.2) is 11.6 Å². The third-order valence-electron chi connectivity index (χ3n) is 13.8. The first-order valence-electron chi connectivity index (χ1n) is 30.2. The largest absolute Gasteiger partial charge is 0.444 e. The van der Waals surface area contributed by atoms with Gasteiger partial charge in [-0.2, -0.15) is 0 Å². The van der Waals surface area contributed by atoms with Crippen molar-refractivity contribution in [3.63, 3.8) is 0 Å². The Kier molecular flexibility index (Phi) is 33.4. The molecular weight excluding hydrogens is 1160 g/mol. The summed E-state index contributed by atoms with van der Waals surface area (Å²) >= 11 is 0. The van der Waals surface area contributed by atoms with Crippen LogP contribution in [0.3, 0.4) is 0 Å². The van der Waals surface area contributed by atoms with Crippen LogP contribution in [0.1, 0.15) is 133 Å². The Morgan fingerprint density at radius 2 is 1.15 bits per heavy atom. The number of rotatable bonds is 25. The Bertz CT molecular complexity index is 2520. The van der Waals surface area contributed by atoms with Crippen molar-refractivity contribution in [2.24, 2.45) is 35.0 Å². The van der Waals surface area contributed by atoms with Gasteiger partial charge in [0.2, 0.25) is 47.3 Å². The predicted octanol–water partition coefficient (Wildman–Crippen LogP) is -2.66. The van der Waals surface area contributed by atoms with Gasteiger partial charge in [-0.05, 0) is 131 Å². The van der Waals surface area contributed by atoms with E-state index in [0.717, 1.165) is 6.92 Å². The number of nitrogens with one attached hydrogen (secondary N) is 10. The predicted molar refractivity (Wildman–Crippen MR) is 325 cm³/mol. The zero-order valence-electron chi connectivity index (χ0n) is 53.0. The molecule has 19 N–H and O–H groups in total. The van der Waals surface area contributed by atoms with E-state index in [1.165, 1.54) is 6.92 Å². The summed E-state index contributed by atoms with van der Waals surface area (Å²) < 4.78 is 10.7. The SMILES string of the molecule is CC(C)C[C@@H]1NC(=O)[C@@H](Cc2ccccc2)NC(=O)[C@H](CCNC(=O)OC(C)(C)C)NC(=O)[C@@H](CC(=O)[C@H](CCNC(=O)OC(C)(C)C)NC(=O)[C@@H](NC(=O)[C@@H](O)CCN)C(C)O)CCNC(=O)[C@H](C(C)O)NC(=O)[C@H](CCN)CC(=O)[C@H](CCN)NC1=O. The van der Waals surface area contributed by atoms with E-state index in [4.69, 9.17) is 26.7 Å². The normalized spacial score (nSPS) is 22.4. The van der Waals surface area contributed by atoms with Gasteiger partial charge in [-0.3, -0.25) is 47.9 Å². The number of amides is 10. The standard InChI is InChI=1S/C59H99N13O17/c1-32(2)28-41-51(81)66-38(17-23-61)44(76)30-36(16-22-60)49(79)71-46(33(3)73)54(84)63-25-19-37(31-45(77)39(20-26-64-56(86)88-58(5,6)7)67-55(85)47(34(4)74)72-53(83)43(75)18-24-62)48(78)68-40(21-27-65-57(87)89-59(8,9)10)50(80)70-42(52(82)69-41)29-35-14-12-11-13-15-35/h11-15,32-34,36-43,46-47,73-75H,16-31,60-62H2,1-10H3,(H,63,84)(H,64,86)(H,65,87)(H,66,81)(H,67,85)(H,68,78)(H,69,82)(H,70,80)(H,71,79)(H,72,83)/t33?,34?,36-,37-,38+,39+,40+,41+,42-,43+,46+,47+/m1/s1. The first kappa shape index (κ1) is 77.7. The summed E-state index contributed by atoms with van der Waals surface area (Å²) in [6.45, 7) is 14.0. The number of benzene rings is 1. The number of carbonyl (C=O) groups is 12. The molecule has 1 aromatic carbocycles. The van der Waals surface area contributed by atoms with Crippen LogP contribution in [-0.2, 0) is 63.8 Å². The number of carbonyl (C=O) groups excluding carboxylic acids is 12. The van der Waals surface area contributed by atoms with E-state index < -0.39 is 193 Å². The molecule has 0 bridgehead atoms. The molecule has 12 atom stereocenters. The summed E-state index contributed by atoms with van der Waals surface area (Å²) in [6.07, 6.45) is -9.88. The van der Waals surface area contributed by atoms with Crippen molar-refractivity contribution in [1.82, 2.24) is 53.2 Å². The molecule has 0 aliphatic carbocycles. The van der Waals surface area contributed by atoms with Crippen LogP contribution in [0.15, 0.2) is 30.3 Å². The van der Waals surface area contributed by atoms with Crippen molar-refractivity contribution in [3.8, 4) is 0 Å². The molecule has 1 aliphatic rings. The van der Waals surface area contributed by atoms with Crippen molar-refractivity contribution in [2.75, 3.05) is 39.3 Å². The van der Waals surface area contributed by atoms with Crippen LogP contribution in [0.25, 0.3) is 0 Å². The van der Waals surface area contributed by atoms with Gasteiger partial charge in [0, 0.05) is 50.7 Å². The number of ketones is 2. The Balaban J connectivity index is 2.96. The molecule has 2 rings (SSSR count). The number of alkyl carbamates (subject to hydrolysis) is 2. The van der Waals surface area contributed by atoms with Crippen LogP contribution in [0, 0.1) is 17.8 Å². The number of aliphatic hydroxyl groups excluding tert-OH is 3. The second kappa shape index (κ2) is 38.2. The van der Waals surface area contributed by atoms with Crippen LogP contribution in [0.4, 0.5) is 9.59 Å². The van der Waals surface area contributed by atoms with Crippen LogP contribution >= 0.6 is 0 Å². The van der Waals surface area contributed by atoms with Crippen LogP contribution in [-0.4, -0.2) is 197 Å². The second-order valence-electron chi connectivity index (χ2n) is 24.6. The summed E-state index contributed by atoms with van der Waals surface area (Å²) in [6, 6.07) is -2.45. The number of ether oxygens (including phenoxy) is 2. The molecule has 30 heteroatoms. The first-order chi connectivity index (χ1) is 41.6. The molecule has 0 saturated carbocycles. The molecule has 10 amide bonds. The third kappa shape index (κ3) is 29.7. The average Bonchev–Trinajstić information content (AvgIpc) is 2.09. The van der Waals surface area contributed by atoms with Crippen molar-refractivity contribution >= 4 is 71.0 Å². The highest BCUT2D eigenvalue weighted by molar-refractivity contribution is 5.99. The Morgan fingerprint density at radius 1 is 0.607 bits per heavy atom. The molecule has 89 heavy (non-hydrogen) atoms. The third-order valence-corrected chi connectivity index (χ3v) is 13.8. The number of nitrogens with two attached hydrogens (primary N) is 3. The lowest BCUT2D eigenvalue weighted by Crippen LogP contribution is -2.59. The van der Waals surface area contributed by atoms with Gasteiger partial charge in [0.05, 0.1) is 24.3 Å². The fourth-order valence-corrected chi connectivity index (χ4v) is 9.18. The lowest BCUT2D eigenvalue weighted by molar-refractivity contribution is -0.138. The van der Waals surface area contributed by atoms with Gasteiger partial charge in [0.25, 0.3) is 0 Å². The van der Waals surface area contributed by atoms with Gasteiger partial charge >= 0.3 is 12.2 Å². The van der Waals surface area contributed by atoms with E-state index >= 15 is 0 Å². The number of hydrogen-bond acceptors (Lipinski definition) is 20. The molecular formula is C59H99N13O17. The summed E-state index contributed by atoms with van der Waals surface area (Å²) in [4.78, 5) is 168. The van der Waals surface area contributed by atoms with E-state index in [2.05, 4.69) is 53.2 Å². The van der Waals surface area contributed by atoms with E-state index in [1.807, 2.05) is 0 Å². The molecule has 1 aromatic rings. The minimum Gasteiger partial charge on any atom is -0.444 e. The Morgan fingerprint density at radius 3 is 1.70 bits per heavy atom. The van der Waals surface area contributed by atoms with Crippen LogP contribution in [0.5, 0.6) is 0 Å².